The Labute approximate surface area is 333 Å². The van der Waals surface area contributed by atoms with E-state index in [1.807, 2.05) is 0 Å². The van der Waals surface area contributed by atoms with Crippen LogP contribution in [0.2, 0.25) is 0 Å². The van der Waals surface area contributed by atoms with Gasteiger partial charge in [0, 0.05) is 6.92 Å². The minimum Gasteiger partial charge on any atom is -0.394 e. The van der Waals surface area contributed by atoms with Crippen molar-refractivity contribution in [2.45, 2.75) is 160 Å². The second-order valence-electron chi connectivity index (χ2n) is 14.7. The third kappa shape index (κ3) is 10.2. The lowest BCUT2D eigenvalue weighted by molar-refractivity contribution is -0.386. The maximum Gasteiger partial charge on any atom is 0.217 e. The topological polar surface area (TPSA) is 436 Å². The molecule has 27 heteroatoms. The number of hydrogen-bond acceptors (Lipinski definition) is 26. The predicted molar refractivity (Wildman–Crippen MR) is 178 cm³/mol. The van der Waals surface area contributed by atoms with Crippen molar-refractivity contribution in [3.63, 3.8) is 0 Å². The van der Waals surface area contributed by atoms with E-state index in [1.165, 1.54) is 0 Å². The van der Waals surface area contributed by atoms with Crippen LogP contribution in [0.15, 0.2) is 0 Å². The zero-order valence-corrected chi connectivity index (χ0v) is 31.2. The molecule has 0 aromatic carbocycles. The fourth-order valence-electron chi connectivity index (χ4n) is 7.43. The molecule has 1 amide bonds. The van der Waals surface area contributed by atoms with Gasteiger partial charge in [0.25, 0.3) is 0 Å². The number of amides is 1. The fourth-order valence-corrected chi connectivity index (χ4v) is 7.43. The average Bonchev–Trinajstić information content (AvgIpc) is 3.21. The van der Waals surface area contributed by atoms with E-state index in [0.717, 1.165) is 6.92 Å². The van der Waals surface area contributed by atoms with Crippen molar-refractivity contribution in [2.75, 3.05) is 33.0 Å². The van der Waals surface area contributed by atoms with Crippen molar-refractivity contribution >= 4 is 5.91 Å². The number of nitrogens with one attached hydrogen (secondary N) is 1. The quantitative estimate of drug-likeness (QED) is 0.0770. The van der Waals surface area contributed by atoms with Gasteiger partial charge in [0.2, 0.25) is 5.91 Å². The summed E-state index contributed by atoms with van der Waals surface area (Å²) in [5.74, 6) is -0.810. The number of ether oxygens (including phenoxy) is 9. The van der Waals surface area contributed by atoms with Gasteiger partial charge in [-0.3, -0.25) is 4.79 Å². The number of carbonyl (C=O) groups is 1. The fraction of sp³-hybridized carbons (Fsp3) is 0.969. The Bertz CT molecular complexity index is 1320. The summed E-state index contributed by atoms with van der Waals surface area (Å²) in [4.78, 5) is 12.4. The molecule has 25 atom stereocenters. The summed E-state index contributed by atoms with van der Waals surface area (Å²) >= 11 is 0. The van der Waals surface area contributed by atoms with Crippen molar-refractivity contribution in [1.82, 2.24) is 5.32 Å². The van der Waals surface area contributed by atoms with Crippen LogP contribution < -0.4 is 5.32 Å². The van der Waals surface area contributed by atoms with Crippen molar-refractivity contribution < 1.29 is 129 Å². The third-order valence-electron chi connectivity index (χ3n) is 10.7. The first-order valence-corrected chi connectivity index (χ1v) is 18.6. The monoisotopic (exact) mass is 869 g/mol. The first-order valence-electron chi connectivity index (χ1n) is 18.6. The van der Waals surface area contributed by atoms with Crippen LogP contribution in [-0.4, -0.2) is 274 Å². The maximum atomic E-state index is 12.4. The molecule has 27 nitrogen and oxygen atoms in total. The molecule has 0 radical (unpaired) electrons. The standard InChI is InChI=1S/C32H55NO26/c1-7(39)33-13-16(42)24(56-31-22(48)19(45)26(12(6-38)55-31)57-30-21(47)17(43)14(40)8(2-34)52-30)11(5-37)54-29(13)59-27-15(41)9(3-35)53-32(23(27)49)58-25-10(4-36)51-28(50)20(46)18(25)44/h8-32,34-38,40-50H,2-6H2,1H3,(H,33,39)/t8-,9-,10-,11-,12-,13-,14+,15+,16-,17+,18-,19-,20-,21-,22-,23-,24-,25-,26+,27+,28?,29+,30-,31+,32+/m1/s1. The molecule has 0 saturated carbocycles. The molecule has 5 aliphatic rings. The lowest BCUT2D eigenvalue weighted by Crippen LogP contribution is -2.70. The molecular weight excluding hydrogens is 814 g/mol. The Morgan fingerprint density at radius 3 is 1.27 bits per heavy atom. The first kappa shape index (κ1) is 48.5. The van der Waals surface area contributed by atoms with Gasteiger partial charge in [-0.25, -0.2) is 0 Å². The van der Waals surface area contributed by atoms with E-state index in [1.54, 1.807) is 0 Å². The van der Waals surface area contributed by atoms with Gasteiger partial charge in [-0.15, -0.1) is 0 Å². The molecule has 5 fully saturated rings. The van der Waals surface area contributed by atoms with Crippen molar-refractivity contribution in [2.24, 2.45) is 0 Å². The zero-order valence-electron chi connectivity index (χ0n) is 31.2. The molecule has 0 aromatic rings. The molecule has 59 heavy (non-hydrogen) atoms. The van der Waals surface area contributed by atoms with Gasteiger partial charge < -0.3 is 130 Å². The van der Waals surface area contributed by atoms with Crippen LogP contribution in [0.4, 0.5) is 0 Å². The van der Waals surface area contributed by atoms with Gasteiger partial charge in [0.05, 0.1) is 33.0 Å². The van der Waals surface area contributed by atoms with Crippen LogP contribution >= 0.6 is 0 Å². The number of hydrogen-bond donors (Lipinski definition) is 17. The Hall–Kier alpha value is -1.53. The zero-order chi connectivity index (χ0) is 43.6. The van der Waals surface area contributed by atoms with Crippen LogP contribution in [0.3, 0.4) is 0 Å². The summed E-state index contributed by atoms with van der Waals surface area (Å²) in [5.41, 5.74) is 0. The summed E-state index contributed by atoms with van der Waals surface area (Å²) in [6, 6.07) is -1.71. The SMILES string of the molecule is CC(=O)N[C@H]1[C@H](O[C@H]2[C@@H](O)[C@@H](CO)O[C@@H](O[C@H]3[C@H](O)[C@@H](O)C(O)O[C@@H]3CO)[C@@H]2O)O[C@H](CO)[C@@H](O[C@@H]2O[C@H](CO)[C@H](O[C@H]3O[C@H](CO)[C@H](O)[C@H](O)[C@H]3O)[C@H](O)[C@H]2O)[C@@H]1O. The van der Waals surface area contributed by atoms with Crippen LogP contribution in [0, 0.1) is 0 Å². The normalized spacial score (nSPS) is 51.0. The van der Waals surface area contributed by atoms with E-state index in [2.05, 4.69) is 5.32 Å². The molecule has 5 saturated heterocycles. The van der Waals surface area contributed by atoms with E-state index in [0.29, 0.717) is 0 Å². The lowest BCUT2D eigenvalue weighted by Gasteiger charge is -2.50. The predicted octanol–water partition coefficient (Wildman–Crippen LogP) is -11.8. The van der Waals surface area contributed by atoms with Crippen LogP contribution in [0.5, 0.6) is 0 Å². The second-order valence-corrected chi connectivity index (χ2v) is 14.7. The van der Waals surface area contributed by atoms with E-state index in [-0.39, 0.29) is 0 Å². The smallest absolute Gasteiger partial charge is 0.217 e. The molecule has 17 N–H and O–H groups in total. The number of rotatable bonds is 14. The Morgan fingerprint density at radius 2 is 0.780 bits per heavy atom. The van der Waals surface area contributed by atoms with Gasteiger partial charge in [-0.1, -0.05) is 0 Å². The molecule has 0 spiro atoms. The van der Waals surface area contributed by atoms with Crippen LogP contribution in [-0.2, 0) is 47.4 Å². The maximum absolute atomic E-state index is 12.4. The highest BCUT2D eigenvalue weighted by Gasteiger charge is 2.56. The Balaban J connectivity index is 1.32. The van der Waals surface area contributed by atoms with Crippen molar-refractivity contribution in [3.05, 3.63) is 0 Å². The van der Waals surface area contributed by atoms with Gasteiger partial charge >= 0.3 is 0 Å². The third-order valence-corrected chi connectivity index (χ3v) is 10.7. The van der Waals surface area contributed by atoms with Crippen molar-refractivity contribution in [1.29, 1.82) is 0 Å². The Kier molecular flexibility index (Phi) is 17.1. The highest BCUT2D eigenvalue weighted by Crippen LogP contribution is 2.35. The van der Waals surface area contributed by atoms with Crippen molar-refractivity contribution in [3.8, 4) is 0 Å². The second kappa shape index (κ2) is 20.8. The minimum atomic E-state index is -2.10. The summed E-state index contributed by atoms with van der Waals surface area (Å²) in [7, 11) is 0. The highest BCUT2D eigenvalue weighted by atomic mass is 16.8. The number of carbonyl (C=O) groups excluding carboxylic acids is 1. The van der Waals surface area contributed by atoms with E-state index in [4.69, 9.17) is 42.6 Å². The van der Waals surface area contributed by atoms with E-state index < -0.39 is 192 Å². The summed E-state index contributed by atoms with van der Waals surface area (Å²) in [6.45, 7) is -3.54. The molecule has 5 rings (SSSR count). The van der Waals surface area contributed by atoms with Gasteiger partial charge in [0.1, 0.15) is 122 Å². The number of aliphatic hydroxyl groups is 16. The Morgan fingerprint density at radius 1 is 0.407 bits per heavy atom. The highest BCUT2D eigenvalue weighted by molar-refractivity contribution is 5.73. The van der Waals surface area contributed by atoms with Gasteiger partial charge in [-0.05, 0) is 0 Å². The van der Waals surface area contributed by atoms with Crippen LogP contribution in [0.1, 0.15) is 6.92 Å². The van der Waals surface area contributed by atoms with Crippen LogP contribution in [0.25, 0.3) is 0 Å². The molecule has 5 heterocycles. The molecule has 1 unspecified atom stereocenters. The molecule has 0 aliphatic carbocycles. The van der Waals surface area contributed by atoms with Gasteiger partial charge in [-0.2, -0.15) is 0 Å². The molecule has 0 aromatic heterocycles. The largest absolute Gasteiger partial charge is 0.394 e. The summed E-state index contributed by atoms with van der Waals surface area (Å²) < 4.78 is 50.0. The lowest BCUT2D eigenvalue weighted by atomic mass is 9.94. The minimum absolute atomic E-state index is 0.810. The van der Waals surface area contributed by atoms with Gasteiger partial charge in [0.15, 0.2) is 31.5 Å². The number of aliphatic hydroxyl groups excluding tert-OH is 16. The average molecular weight is 870 g/mol. The molecule has 344 valence electrons. The van der Waals surface area contributed by atoms with E-state index >= 15 is 0 Å². The molecule has 5 aliphatic heterocycles. The summed E-state index contributed by atoms with van der Waals surface area (Å²) in [6.07, 6.45) is -43.9. The molecule has 0 bridgehead atoms. The van der Waals surface area contributed by atoms with E-state index in [9.17, 15) is 86.5 Å². The summed E-state index contributed by atoms with van der Waals surface area (Å²) in [5, 5.41) is 169. The first-order chi connectivity index (χ1) is 27.9. The molecular formula is C32H55NO26.